The maximum absolute atomic E-state index is 10.8. The normalized spacial score (nSPS) is 12.8. The van der Waals surface area contributed by atoms with Crippen molar-refractivity contribution >= 4 is 29.3 Å². The number of nitrogens with two attached hydrogens (primary N) is 1. The Morgan fingerprint density at radius 2 is 2.08 bits per heavy atom. The number of hydrogen-bond donors (Lipinski definition) is 2. The average molecular weight is 186 g/mol. The fraction of sp³-hybridized carbons (Fsp3) is 0.286. The standard InChI is InChI=1S/C7H10N2O2S/c1-4(10)6(5(2)11)3-9-7(8)12/h3,10H,1-2H3,(H2,8,12)/b6-4-,9-3+. The molecule has 0 aromatic rings. The Kier molecular flexibility index (Phi) is 4.14. The molecule has 0 rings (SSSR count). The lowest BCUT2D eigenvalue weighted by atomic mass is 10.2. The summed E-state index contributed by atoms with van der Waals surface area (Å²) in [6.45, 7) is 2.71. The third kappa shape index (κ3) is 3.82. The molecule has 0 saturated heterocycles. The summed E-state index contributed by atoms with van der Waals surface area (Å²) in [5.74, 6) is -0.377. The smallest absolute Gasteiger partial charge is 0.190 e. The fourth-order valence-corrected chi connectivity index (χ4v) is 0.620. The number of ketones is 1. The van der Waals surface area contributed by atoms with Crippen LogP contribution >= 0.6 is 12.2 Å². The van der Waals surface area contributed by atoms with E-state index in [1.807, 2.05) is 0 Å². The van der Waals surface area contributed by atoms with Crippen molar-refractivity contribution < 1.29 is 9.90 Å². The van der Waals surface area contributed by atoms with Gasteiger partial charge in [-0.15, -0.1) is 0 Å². The summed E-state index contributed by atoms with van der Waals surface area (Å²) in [6.07, 6.45) is 1.15. The lowest BCUT2D eigenvalue weighted by molar-refractivity contribution is -0.113. The number of Topliss-reactive ketones (excluding diaryl/α,β-unsaturated/α-hetero) is 1. The molecule has 0 aromatic heterocycles. The highest BCUT2D eigenvalue weighted by Gasteiger charge is 2.03. The van der Waals surface area contributed by atoms with Gasteiger partial charge in [0.05, 0.1) is 5.57 Å². The summed E-state index contributed by atoms with van der Waals surface area (Å²) in [5.41, 5.74) is 5.17. The lowest BCUT2D eigenvalue weighted by Gasteiger charge is -1.96. The number of aliphatic imine (C=N–C) groups is 1. The van der Waals surface area contributed by atoms with Crippen LogP contribution in [0.3, 0.4) is 0 Å². The summed E-state index contributed by atoms with van der Waals surface area (Å²) in [4.78, 5) is 14.3. The zero-order valence-corrected chi connectivity index (χ0v) is 7.68. The SMILES string of the molecule is CC(=O)C(/C=N/C(N)=S)=C(/C)O. The van der Waals surface area contributed by atoms with Gasteiger partial charge < -0.3 is 10.8 Å². The van der Waals surface area contributed by atoms with E-state index in [0.29, 0.717) is 0 Å². The van der Waals surface area contributed by atoms with E-state index in [4.69, 9.17) is 10.8 Å². The molecule has 0 saturated carbocycles. The van der Waals surface area contributed by atoms with Gasteiger partial charge in [-0.1, -0.05) is 0 Å². The van der Waals surface area contributed by atoms with E-state index >= 15 is 0 Å². The van der Waals surface area contributed by atoms with Crippen molar-refractivity contribution in [2.45, 2.75) is 13.8 Å². The number of carbonyl (C=O) groups excluding carboxylic acids is 1. The molecule has 0 amide bonds. The Morgan fingerprint density at radius 3 is 2.33 bits per heavy atom. The predicted molar refractivity (Wildman–Crippen MR) is 51.3 cm³/mol. The van der Waals surface area contributed by atoms with Crippen LogP contribution < -0.4 is 5.73 Å². The summed E-state index contributed by atoms with van der Waals surface area (Å²) >= 11 is 4.45. The molecule has 0 unspecified atom stereocenters. The summed E-state index contributed by atoms with van der Waals surface area (Å²) in [6, 6.07) is 0. The molecule has 12 heavy (non-hydrogen) atoms. The Morgan fingerprint density at radius 1 is 1.58 bits per heavy atom. The molecule has 5 heteroatoms. The Bertz CT molecular complexity index is 265. The van der Waals surface area contributed by atoms with Gasteiger partial charge in [-0.2, -0.15) is 0 Å². The molecular weight excluding hydrogens is 176 g/mol. The molecule has 0 radical (unpaired) electrons. The van der Waals surface area contributed by atoms with Crippen LogP contribution in [0.1, 0.15) is 13.8 Å². The van der Waals surface area contributed by atoms with Crippen LogP contribution in [0.2, 0.25) is 0 Å². The number of carbonyl (C=O) groups is 1. The summed E-state index contributed by atoms with van der Waals surface area (Å²) in [7, 11) is 0. The van der Waals surface area contributed by atoms with Crippen molar-refractivity contribution in [2.75, 3.05) is 0 Å². The monoisotopic (exact) mass is 186 g/mol. The van der Waals surface area contributed by atoms with E-state index in [1.54, 1.807) is 0 Å². The summed E-state index contributed by atoms with van der Waals surface area (Å²) in [5, 5.41) is 8.90. The molecular formula is C7H10N2O2S. The average Bonchev–Trinajstić information content (AvgIpc) is 1.84. The van der Waals surface area contributed by atoms with Crippen molar-refractivity contribution in [1.82, 2.24) is 0 Å². The molecule has 0 aliphatic heterocycles. The first-order chi connectivity index (χ1) is 5.45. The molecule has 0 spiro atoms. The molecule has 66 valence electrons. The van der Waals surface area contributed by atoms with Crippen LogP contribution in [0.15, 0.2) is 16.3 Å². The molecule has 0 aliphatic carbocycles. The van der Waals surface area contributed by atoms with E-state index in [1.165, 1.54) is 13.8 Å². The Hall–Kier alpha value is -1.23. The topological polar surface area (TPSA) is 75.7 Å². The highest BCUT2D eigenvalue weighted by atomic mass is 32.1. The number of hydrogen-bond acceptors (Lipinski definition) is 3. The van der Waals surface area contributed by atoms with E-state index in [2.05, 4.69) is 17.2 Å². The molecule has 0 atom stereocenters. The van der Waals surface area contributed by atoms with Crippen molar-refractivity contribution in [3.63, 3.8) is 0 Å². The van der Waals surface area contributed by atoms with Gasteiger partial charge in [-0.3, -0.25) is 4.79 Å². The third-order valence-corrected chi connectivity index (χ3v) is 1.20. The first-order valence-corrected chi connectivity index (χ1v) is 3.60. The number of aliphatic hydroxyl groups is 1. The number of thiocarbonyl (C=S) groups is 1. The lowest BCUT2D eigenvalue weighted by Crippen LogP contribution is -2.07. The minimum atomic E-state index is -0.282. The Balaban J connectivity index is 4.70. The van der Waals surface area contributed by atoms with E-state index < -0.39 is 0 Å². The molecule has 0 aromatic carbocycles. The zero-order valence-electron chi connectivity index (χ0n) is 6.87. The molecule has 0 fully saturated rings. The number of nitrogens with zero attached hydrogens (tertiary/aromatic N) is 1. The number of rotatable bonds is 2. The van der Waals surface area contributed by atoms with E-state index in [0.717, 1.165) is 6.21 Å². The number of allylic oxidation sites excluding steroid dienone is 2. The second-order valence-corrected chi connectivity index (χ2v) is 2.57. The molecule has 0 heterocycles. The van der Waals surface area contributed by atoms with Crippen LogP contribution in [0.25, 0.3) is 0 Å². The minimum absolute atomic E-state index is 0.0741. The van der Waals surface area contributed by atoms with Gasteiger partial charge in [0.25, 0.3) is 0 Å². The minimum Gasteiger partial charge on any atom is -0.512 e. The van der Waals surface area contributed by atoms with Crippen molar-refractivity contribution in [2.24, 2.45) is 10.7 Å². The van der Waals surface area contributed by atoms with Crippen LogP contribution in [0, 0.1) is 0 Å². The van der Waals surface area contributed by atoms with Crippen LogP contribution in [0.5, 0.6) is 0 Å². The van der Waals surface area contributed by atoms with E-state index in [9.17, 15) is 4.79 Å². The Labute approximate surface area is 75.8 Å². The quantitative estimate of drug-likeness (QED) is 0.288. The van der Waals surface area contributed by atoms with Crippen molar-refractivity contribution in [3.05, 3.63) is 11.3 Å². The predicted octanol–water partition coefficient (Wildman–Crippen LogP) is 0.722. The molecule has 3 N–H and O–H groups in total. The van der Waals surface area contributed by atoms with Crippen molar-refractivity contribution in [3.8, 4) is 0 Å². The first-order valence-electron chi connectivity index (χ1n) is 3.19. The highest BCUT2D eigenvalue weighted by molar-refractivity contribution is 7.80. The molecule has 0 aliphatic rings. The maximum atomic E-state index is 10.8. The van der Waals surface area contributed by atoms with Crippen LogP contribution in [-0.2, 0) is 4.79 Å². The first kappa shape index (κ1) is 10.8. The number of aliphatic hydroxyl groups excluding tert-OH is 1. The van der Waals surface area contributed by atoms with Crippen LogP contribution in [-0.4, -0.2) is 22.2 Å². The second-order valence-electron chi connectivity index (χ2n) is 2.15. The van der Waals surface area contributed by atoms with Crippen LogP contribution in [0.4, 0.5) is 0 Å². The van der Waals surface area contributed by atoms with Gasteiger partial charge >= 0.3 is 0 Å². The fourth-order valence-electron chi connectivity index (χ4n) is 0.567. The zero-order chi connectivity index (χ0) is 9.72. The van der Waals surface area contributed by atoms with Gasteiger partial charge in [0, 0.05) is 6.21 Å². The second kappa shape index (κ2) is 4.61. The summed E-state index contributed by atoms with van der Waals surface area (Å²) < 4.78 is 0. The highest BCUT2D eigenvalue weighted by Crippen LogP contribution is 1.98. The maximum Gasteiger partial charge on any atom is 0.190 e. The van der Waals surface area contributed by atoms with Gasteiger partial charge in [0.15, 0.2) is 10.9 Å². The molecule has 4 nitrogen and oxygen atoms in total. The largest absolute Gasteiger partial charge is 0.512 e. The third-order valence-electron chi connectivity index (χ3n) is 1.09. The van der Waals surface area contributed by atoms with Gasteiger partial charge in [0.2, 0.25) is 0 Å². The van der Waals surface area contributed by atoms with Gasteiger partial charge in [-0.05, 0) is 26.1 Å². The molecule has 0 bridgehead atoms. The van der Waals surface area contributed by atoms with Gasteiger partial charge in [0.1, 0.15) is 5.76 Å². The van der Waals surface area contributed by atoms with Gasteiger partial charge in [-0.25, -0.2) is 4.99 Å². The van der Waals surface area contributed by atoms with Crippen molar-refractivity contribution in [1.29, 1.82) is 0 Å². The van der Waals surface area contributed by atoms with E-state index in [-0.39, 0.29) is 22.2 Å².